The molecule has 3 aromatic rings. The predicted molar refractivity (Wildman–Crippen MR) is 218 cm³/mol. The van der Waals surface area contributed by atoms with Gasteiger partial charge in [0.2, 0.25) is 5.91 Å². The molecule has 0 bridgehead atoms. The monoisotopic (exact) mass is 833 g/mol. The van der Waals surface area contributed by atoms with Crippen LogP contribution in [0, 0.1) is 5.92 Å². The number of benzene rings is 3. The Bertz CT molecular complexity index is 1830. The molecule has 4 fully saturated rings. The second kappa shape index (κ2) is 18.6. The predicted octanol–water partition coefficient (Wildman–Crippen LogP) is 7.15. The Hall–Kier alpha value is -3.54. The average molecular weight is 834 g/mol. The summed E-state index contributed by atoms with van der Waals surface area (Å²) in [5.74, 6) is -0.159. The van der Waals surface area contributed by atoms with Crippen LogP contribution in [0.2, 0.25) is 18.1 Å². The second-order valence-corrected chi connectivity index (χ2v) is 21.6. The first-order valence-corrected chi connectivity index (χ1v) is 23.5. The van der Waals surface area contributed by atoms with Gasteiger partial charge < -0.3 is 47.1 Å². The second-order valence-electron chi connectivity index (χ2n) is 17.0. The van der Waals surface area contributed by atoms with Crippen LogP contribution in [0.5, 0.6) is 0 Å². The van der Waals surface area contributed by atoms with E-state index in [1.165, 1.54) is 14.0 Å². The molecule has 320 valence electrons. The maximum Gasteiger partial charge on any atom is 0.417 e. The Morgan fingerprint density at radius 1 is 0.814 bits per heavy atom. The summed E-state index contributed by atoms with van der Waals surface area (Å²) in [6, 6.07) is 28.5. The Balaban J connectivity index is 1.25. The normalized spacial score (nSPS) is 31.1. The van der Waals surface area contributed by atoms with Crippen LogP contribution in [-0.2, 0) is 65.1 Å². The molecule has 0 aliphatic carbocycles. The molecule has 4 aliphatic heterocycles. The zero-order valence-electron chi connectivity index (χ0n) is 35.3. The van der Waals surface area contributed by atoms with Crippen molar-refractivity contribution in [2.24, 2.45) is 5.92 Å². The maximum absolute atomic E-state index is 13.4. The largest absolute Gasteiger partial charge is 0.440 e. The first kappa shape index (κ1) is 43.5. The van der Waals surface area contributed by atoms with Gasteiger partial charge in [-0.25, -0.2) is 9.69 Å². The van der Waals surface area contributed by atoms with Crippen molar-refractivity contribution in [3.05, 3.63) is 108 Å². The van der Waals surface area contributed by atoms with E-state index in [1.807, 2.05) is 91.0 Å². The number of amides is 2. The highest BCUT2D eigenvalue weighted by atomic mass is 28.4. The molecule has 11 atom stereocenters. The lowest BCUT2D eigenvalue weighted by molar-refractivity contribution is -0.388. The van der Waals surface area contributed by atoms with Crippen LogP contribution in [0.1, 0.15) is 57.6 Å². The third kappa shape index (κ3) is 9.37. The molecule has 2 amide bonds. The molecule has 7 rings (SSSR count). The van der Waals surface area contributed by atoms with Gasteiger partial charge in [-0.3, -0.25) is 4.79 Å². The fraction of sp³-hybridized carbons (Fsp3) is 0.556. The van der Waals surface area contributed by atoms with E-state index in [1.54, 1.807) is 0 Å². The highest BCUT2D eigenvalue weighted by Crippen LogP contribution is 2.46. The lowest BCUT2D eigenvalue weighted by Gasteiger charge is -2.51. The molecule has 0 aromatic heterocycles. The van der Waals surface area contributed by atoms with E-state index < -0.39 is 88.0 Å². The van der Waals surface area contributed by atoms with Gasteiger partial charge >= 0.3 is 6.09 Å². The highest BCUT2D eigenvalue weighted by molar-refractivity contribution is 6.74. The standard InChI is InChI=1S/C45H59NO12Si/c1-28(2)45(4,5)59(7,8)53-27-34-36(38-35(42(49-6)54-34)46(29(3)47)44(48)58-38)57-43-40(51-25-31-20-14-10-15-21-31)39(50-24-30-18-12-9-13-19-30)37-33(55-43)26-52-41(56-37)32-22-16-11-17-23-32/h9-23,28,33-43H,24-27H2,1-8H3/t33-,34-,35-,36-,37-,38-,39+,40-,41?,42-,43-/m1/s1. The SMILES string of the molecule is CO[C@@H]1O[C@H](CO[Si](C)(C)C(C)(C)C(C)C)[C@@H](O[C@H]2O[C@@H]3COC(c4ccccc4)O[C@H]3[C@H](OCc3ccccc3)[C@H]2OCc2ccccc2)[C@@H]2OC(=O)N(C(C)=O)[C@@H]12. The number of carbonyl (C=O) groups is 2. The molecule has 0 saturated carbocycles. The van der Waals surface area contributed by atoms with E-state index in [-0.39, 0.29) is 31.5 Å². The van der Waals surface area contributed by atoms with Crippen molar-refractivity contribution in [2.45, 2.75) is 134 Å². The summed E-state index contributed by atoms with van der Waals surface area (Å²) >= 11 is 0. The Morgan fingerprint density at radius 2 is 1.41 bits per heavy atom. The number of hydrogen-bond donors (Lipinski definition) is 0. The van der Waals surface area contributed by atoms with E-state index in [0.29, 0.717) is 5.92 Å². The molecular weight excluding hydrogens is 775 g/mol. The van der Waals surface area contributed by atoms with Gasteiger partial charge in [0.25, 0.3) is 0 Å². The van der Waals surface area contributed by atoms with Crippen LogP contribution >= 0.6 is 0 Å². The third-order valence-electron chi connectivity index (χ3n) is 12.7. The summed E-state index contributed by atoms with van der Waals surface area (Å²) in [7, 11) is -0.931. The lowest BCUT2D eigenvalue weighted by atomic mass is 9.94. The molecule has 4 aliphatic rings. The van der Waals surface area contributed by atoms with Crippen LogP contribution < -0.4 is 0 Å². The van der Waals surface area contributed by atoms with Gasteiger partial charge in [0, 0.05) is 19.6 Å². The first-order valence-electron chi connectivity index (χ1n) is 20.6. The van der Waals surface area contributed by atoms with Gasteiger partial charge in [-0.15, -0.1) is 0 Å². The van der Waals surface area contributed by atoms with E-state index >= 15 is 0 Å². The molecular formula is C45H59NO12Si. The van der Waals surface area contributed by atoms with Gasteiger partial charge in [-0.05, 0) is 35.2 Å². The van der Waals surface area contributed by atoms with Crippen molar-refractivity contribution in [3.8, 4) is 0 Å². The summed E-state index contributed by atoms with van der Waals surface area (Å²) in [5, 5.41) is -0.105. The zero-order valence-corrected chi connectivity index (χ0v) is 36.3. The summed E-state index contributed by atoms with van der Waals surface area (Å²) in [5.41, 5.74) is 2.76. The van der Waals surface area contributed by atoms with Gasteiger partial charge in [-0.2, -0.15) is 0 Å². The van der Waals surface area contributed by atoms with E-state index in [9.17, 15) is 9.59 Å². The first-order chi connectivity index (χ1) is 28.3. The minimum Gasteiger partial charge on any atom is -0.440 e. The fourth-order valence-electron chi connectivity index (χ4n) is 8.09. The number of rotatable bonds is 15. The minimum absolute atomic E-state index is 0.105. The molecule has 1 unspecified atom stereocenters. The van der Waals surface area contributed by atoms with Crippen molar-refractivity contribution in [1.82, 2.24) is 4.90 Å². The van der Waals surface area contributed by atoms with Gasteiger partial charge in [0.1, 0.15) is 42.7 Å². The summed E-state index contributed by atoms with van der Waals surface area (Å²) in [6.45, 7) is 15.3. The highest BCUT2D eigenvalue weighted by Gasteiger charge is 2.61. The number of nitrogens with zero attached hydrogens (tertiary/aromatic N) is 1. The molecule has 14 heteroatoms. The lowest BCUT2D eigenvalue weighted by Crippen LogP contribution is -2.67. The molecule has 3 aromatic carbocycles. The molecule has 13 nitrogen and oxygen atoms in total. The maximum atomic E-state index is 13.4. The van der Waals surface area contributed by atoms with Crippen molar-refractivity contribution in [3.63, 3.8) is 0 Å². The van der Waals surface area contributed by atoms with Crippen molar-refractivity contribution >= 4 is 20.3 Å². The fourth-order valence-corrected chi connectivity index (χ4v) is 10.4. The van der Waals surface area contributed by atoms with E-state index in [4.69, 9.17) is 47.1 Å². The Labute approximate surface area is 348 Å². The van der Waals surface area contributed by atoms with Crippen LogP contribution in [0.15, 0.2) is 91.0 Å². The summed E-state index contributed by atoms with van der Waals surface area (Å²) < 4.78 is 65.8. The van der Waals surface area contributed by atoms with E-state index in [0.717, 1.165) is 21.6 Å². The summed E-state index contributed by atoms with van der Waals surface area (Å²) in [6.07, 6.45) is -9.27. The van der Waals surface area contributed by atoms with Gasteiger partial charge in [0.15, 0.2) is 33.3 Å². The van der Waals surface area contributed by atoms with Crippen molar-refractivity contribution in [2.75, 3.05) is 20.3 Å². The quantitative estimate of drug-likeness (QED) is 0.144. The number of carbonyl (C=O) groups excluding carboxylic acids is 2. The van der Waals surface area contributed by atoms with E-state index in [2.05, 4.69) is 40.8 Å². The Morgan fingerprint density at radius 3 is 1.98 bits per heavy atom. The van der Waals surface area contributed by atoms with Crippen molar-refractivity contribution in [1.29, 1.82) is 0 Å². The van der Waals surface area contributed by atoms with Crippen LogP contribution in [0.4, 0.5) is 4.79 Å². The number of ether oxygens (including phenoxy) is 9. The van der Waals surface area contributed by atoms with Crippen LogP contribution in [0.3, 0.4) is 0 Å². The summed E-state index contributed by atoms with van der Waals surface area (Å²) in [4.78, 5) is 27.4. The van der Waals surface area contributed by atoms with Gasteiger partial charge in [0.05, 0.1) is 26.4 Å². The minimum atomic E-state index is -2.40. The molecule has 0 spiro atoms. The number of imide groups is 1. The average Bonchev–Trinajstić information content (AvgIpc) is 3.59. The molecule has 4 saturated heterocycles. The smallest absolute Gasteiger partial charge is 0.417 e. The van der Waals surface area contributed by atoms with Crippen LogP contribution in [-0.4, -0.2) is 107 Å². The molecule has 0 radical (unpaired) electrons. The molecule has 0 N–H and O–H groups in total. The number of methoxy groups -OCH3 is 1. The number of fused-ring (bicyclic) bond motifs is 2. The van der Waals surface area contributed by atoms with Crippen LogP contribution in [0.25, 0.3) is 0 Å². The third-order valence-corrected chi connectivity index (χ3v) is 17.3. The van der Waals surface area contributed by atoms with Gasteiger partial charge in [-0.1, -0.05) is 119 Å². The zero-order chi connectivity index (χ0) is 41.9. The molecule has 59 heavy (non-hydrogen) atoms. The van der Waals surface area contributed by atoms with Crippen molar-refractivity contribution < 1.29 is 56.6 Å². The topological polar surface area (TPSA) is 130 Å². The Kier molecular flexibility index (Phi) is 13.7. The number of hydrogen-bond acceptors (Lipinski definition) is 12. The molecule has 4 heterocycles.